The molecule has 176 valence electrons. The van der Waals surface area contributed by atoms with E-state index in [0.29, 0.717) is 59.8 Å². The zero-order valence-electron chi connectivity index (χ0n) is 18.5. The van der Waals surface area contributed by atoms with Crippen LogP contribution in [0.25, 0.3) is 11.3 Å². The lowest BCUT2D eigenvalue weighted by Gasteiger charge is -2.31. The van der Waals surface area contributed by atoms with Crippen LogP contribution in [0.4, 0.5) is 17.3 Å². The number of nitrogens with zero attached hydrogens (tertiary/aromatic N) is 4. The van der Waals surface area contributed by atoms with Gasteiger partial charge in [-0.1, -0.05) is 11.6 Å². The summed E-state index contributed by atoms with van der Waals surface area (Å²) in [7, 11) is -1.55. The number of benzene rings is 2. The molecular weight excluding hydrogens is 476 g/mol. The fraction of sp³-hybridized carbons (Fsp3) is 0.261. The molecule has 34 heavy (non-hydrogen) atoms. The molecule has 2 aromatic carbocycles. The first-order valence-electron chi connectivity index (χ1n) is 10.8. The van der Waals surface area contributed by atoms with Gasteiger partial charge in [0.2, 0.25) is 21.9 Å². The van der Waals surface area contributed by atoms with Crippen molar-refractivity contribution in [2.75, 3.05) is 43.9 Å². The number of likely N-dealkylation sites (N-methyl/N-ethyl adjacent to an activating group) is 1. The van der Waals surface area contributed by atoms with E-state index in [1.807, 2.05) is 13.1 Å². The number of anilines is 3. The fourth-order valence-corrected chi connectivity index (χ4v) is 5.63. The highest BCUT2D eigenvalue weighted by molar-refractivity contribution is 7.89. The van der Waals surface area contributed by atoms with E-state index in [0.717, 1.165) is 5.56 Å². The molecule has 0 aliphatic carbocycles. The average molecular weight is 499 g/mol. The Morgan fingerprint density at radius 1 is 1.06 bits per heavy atom. The maximum atomic E-state index is 12.9. The number of sulfonamides is 1. The Morgan fingerprint density at radius 3 is 2.53 bits per heavy atom. The van der Waals surface area contributed by atoms with Crippen LogP contribution in [0, 0.1) is 0 Å². The zero-order chi connectivity index (χ0) is 23.9. The van der Waals surface area contributed by atoms with Crippen molar-refractivity contribution in [2.24, 2.45) is 0 Å². The zero-order valence-corrected chi connectivity index (χ0v) is 20.0. The van der Waals surface area contributed by atoms with Gasteiger partial charge in [-0.05, 0) is 49.5 Å². The monoisotopic (exact) mass is 498 g/mol. The number of amides is 1. The van der Waals surface area contributed by atoms with E-state index in [1.165, 1.54) is 4.31 Å². The lowest BCUT2D eigenvalue weighted by Crippen LogP contribution is -2.46. The minimum atomic E-state index is -3.54. The third kappa shape index (κ3) is 4.49. The highest BCUT2D eigenvalue weighted by Gasteiger charge is 2.27. The summed E-state index contributed by atoms with van der Waals surface area (Å²) in [5.41, 5.74) is 3.34. The second-order valence-corrected chi connectivity index (χ2v) is 10.7. The number of piperazine rings is 1. The van der Waals surface area contributed by atoms with E-state index in [-0.39, 0.29) is 17.2 Å². The molecule has 11 heteroatoms. The first kappa shape index (κ1) is 22.7. The van der Waals surface area contributed by atoms with Crippen molar-refractivity contribution in [3.63, 3.8) is 0 Å². The van der Waals surface area contributed by atoms with Gasteiger partial charge in [0, 0.05) is 54.2 Å². The van der Waals surface area contributed by atoms with Crippen LogP contribution >= 0.6 is 11.6 Å². The Morgan fingerprint density at radius 2 is 1.79 bits per heavy atom. The van der Waals surface area contributed by atoms with Crippen LogP contribution in [-0.4, -0.2) is 66.7 Å². The first-order chi connectivity index (χ1) is 16.3. The van der Waals surface area contributed by atoms with Gasteiger partial charge in [-0.3, -0.25) is 4.79 Å². The summed E-state index contributed by atoms with van der Waals surface area (Å²) in [4.78, 5) is 23.6. The smallest absolute Gasteiger partial charge is 0.243 e. The van der Waals surface area contributed by atoms with Gasteiger partial charge in [0.1, 0.15) is 0 Å². The highest BCUT2D eigenvalue weighted by Crippen LogP contribution is 2.35. The van der Waals surface area contributed by atoms with Crippen molar-refractivity contribution < 1.29 is 13.2 Å². The van der Waals surface area contributed by atoms with Gasteiger partial charge in [-0.25, -0.2) is 18.4 Å². The minimum Gasteiger partial charge on any atom is -0.325 e. The molecule has 1 aromatic heterocycles. The van der Waals surface area contributed by atoms with Gasteiger partial charge in [0.25, 0.3) is 0 Å². The van der Waals surface area contributed by atoms with E-state index in [1.54, 1.807) is 42.6 Å². The number of rotatable bonds is 4. The molecule has 5 rings (SSSR count). The topological polar surface area (TPSA) is 108 Å². The maximum Gasteiger partial charge on any atom is 0.243 e. The predicted octanol–water partition coefficient (Wildman–Crippen LogP) is 2.97. The minimum absolute atomic E-state index is 0.154. The lowest BCUT2D eigenvalue weighted by molar-refractivity contribution is -0.115. The van der Waals surface area contributed by atoms with E-state index in [9.17, 15) is 13.2 Å². The Hall–Kier alpha value is -3.05. The molecule has 0 spiro atoms. The summed E-state index contributed by atoms with van der Waals surface area (Å²) in [6, 6.07) is 11.8. The number of carbonyl (C=O) groups excluding carboxylic acids is 1. The van der Waals surface area contributed by atoms with Crippen molar-refractivity contribution in [1.82, 2.24) is 19.2 Å². The molecule has 9 nitrogen and oxygen atoms in total. The Kier molecular flexibility index (Phi) is 5.98. The van der Waals surface area contributed by atoms with Crippen molar-refractivity contribution in [3.05, 3.63) is 59.2 Å². The number of hydrogen-bond donors (Lipinski definition) is 2. The molecule has 1 saturated heterocycles. The molecule has 1 fully saturated rings. The predicted molar refractivity (Wildman–Crippen MR) is 131 cm³/mol. The van der Waals surface area contributed by atoms with Crippen molar-refractivity contribution in [2.45, 2.75) is 11.3 Å². The summed E-state index contributed by atoms with van der Waals surface area (Å²) >= 11 is 6.10. The SMILES string of the molecule is CN1CCN(S(=O)(=O)c2ccc(Nc3ncc4c(n3)-c3ccc(Cl)cc3NC(=O)C4)cc2)CC1. The molecule has 2 aliphatic rings. The molecule has 0 bridgehead atoms. The third-order valence-corrected chi connectivity index (χ3v) is 8.08. The van der Waals surface area contributed by atoms with Crippen LogP contribution in [0.3, 0.4) is 0 Å². The first-order valence-corrected chi connectivity index (χ1v) is 12.6. The van der Waals surface area contributed by atoms with Crippen LogP contribution in [0.2, 0.25) is 5.02 Å². The third-order valence-electron chi connectivity index (χ3n) is 5.94. The van der Waals surface area contributed by atoms with E-state index >= 15 is 0 Å². The Bertz CT molecular complexity index is 1360. The average Bonchev–Trinajstić information content (AvgIpc) is 2.94. The number of aromatic nitrogens is 2. The summed E-state index contributed by atoms with van der Waals surface area (Å²) in [5.74, 6) is 0.174. The van der Waals surface area contributed by atoms with E-state index < -0.39 is 10.0 Å². The van der Waals surface area contributed by atoms with Gasteiger partial charge in [0.05, 0.1) is 22.7 Å². The van der Waals surface area contributed by atoms with Gasteiger partial charge in [0.15, 0.2) is 0 Å². The molecule has 0 radical (unpaired) electrons. The van der Waals surface area contributed by atoms with Crippen LogP contribution in [0.5, 0.6) is 0 Å². The number of carbonyl (C=O) groups is 1. The molecule has 0 atom stereocenters. The second-order valence-electron chi connectivity index (χ2n) is 8.34. The van der Waals surface area contributed by atoms with Crippen molar-refractivity contribution in [1.29, 1.82) is 0 Å². The molecule has 2 N–H and O–H groups in total. The molecule has 0 saturated carbocycles. The van der Waals surface area contributed by atoms with E-state index in [2.05, 4.69) is 25.5 Å². The highest BCUT2D eigenvalue weighted by atomic mass is 35.5. The Labute approximate surface area is 202 Å². The standard InChI is InChI=1S/C23H23ClN6O3S/c1-29-8-10-30(11-9-29)34(32,33)18-5-3-17(4-6-18)26-23-25-14-15-12-21(31)27-20-13-16(24)2-7-19(20)22(15)28-23/h2-7,13-14H,8-12H2,1H3,(H,27,31)(H,25,26,28). The molecule has 1 amide bonds. The maximum absolute atomic E-state index is 12.9. The Balaban J connectivity index is 1.39. The quantitative estimate of drug-likeness (QED) is 0.569. The van der Waals surface area contributed by atoms with Crippen LogP contribution in [-0.2, 0) is 21.2 Å². The molecule has 0 unspecified atom stereocenters. The molecule has 2 aliphatic heterocycles. The summed E-state index contributed by atoms with van der Waals surface area (Å²) in [5, 5.41) is 6.49. The summed E-state index contributed by atoms with van der Waals surface area (Å²) < 4.78 is 27.4. The van der Waals surface area contributed by atoms with Gasteiger partial charge >= 0.3 is 0 Å². The van der Waals surface area contributed by atoms with E-state index in [4.69, 9.17) is 11.6 Å². The molecular formula is C23H23ClN6O3S. The largest absolute Gasteiger partial charge is 0.325 e. The number of hydrogen-bond acceptors (Lipinski definition) is 7. The number of fused-ring (bicyclic) bond motifs is 3. The number of halogens is 1. The molecule has 3 heterocycles. The van der Waals surface area contributed by atoms with Crippen molar-refractivity contribution in [3.8, 4) is 11.3 Å². The lowest BCUT2D eigenvalue weighted by atomic mass is 10.1. The summed E-state index contributed by atoms with van der Waals surface area (Å²) in [6.07, 6.45) is 1.78. The summed E-state index contributed by atoms with van der Waals surface area (Å²) in [6.45, 7) is 2.38. The fourth-order valence-electron chi connectivity index (χ4n) is 4.04. The van der Waals surface area contributed by atoms with Crippen LogP contribution in [0.1, 0.15) is 5.56 Å². The van der Waals surface area contributed by atoms with Crippen LogP contribution in [0.15, 0.2) is 53.6 Å². The molecule has 3 aromatic rings. The van der Waals surface area contributed by atoms with Crippen molar-refractivity contribution >= 4 is 44.9 Å². The van der Waals surface area contributed by atoms with Crippen LogP contribution < -0.4 is 10.6 Å². The normalized spacial score (nSPS) is 16.8. The van der Waals surface area contributed by atoms with Gasteiger partial charge < -0.3 is 15.5 Å². The van der Waals surface area contributed by atoms with Gasteiger partial charge in [-0.2, -0.15) is 4.31 Å². The number of nitrogens with one attached hydrogen (secondary N) is 2. The second kappa shape index (κ2) is 8.95. The van der Waals surface area contributed by atoms with Gasteiger partial charge in [-0.15, -0.1) is 0 Å².